The lowest BCUT2D eigenvalue weighted by Gasteiger charge is -2.37. The third-order valence-electron chi connectivity index (χ3n) is 7.43. The minimum Gasteiger partial charge on any atom is -0.481 e. The Morgan fingerprint density at radius 1 is 0.795 bits per heavy atom. The van der Waals surface area contributed by atoms with E-state index in [9.17, 15) is 34.2 Å². The van der Waals surface area contributed by atoms with Crippen molar-refractivity contribution in [1.29, 1.82) is 10.8 Å². The Bertz CT molecular complexity index is 979. The number of nitrogens with one attached hydrogen (secondary N) is 7. The minimum atomic E-state index is -1.36. The van der Waals surface area contributed by atoms with Gasteiger partial charge in [-0.15, -0.1) is 0 Å². The third-order valence-corrected chi connectivity index (χ3v) is 7.43. The summed E-state index contributed by atoms with van der Waals surface area (Å²) in [4.78, 5) is 62.0. The van der Waals surface area contributed by atoms with Crippen molar-refractivity contribution in [2.24, 2.45) is 17.4 Å². The molecule has 0 aromatic rings. The van der Waals surface area contributed by atoms with Gasteiger partial charge < -0.3 is 48.3 Å². The van der Waals surface area contributed by atoms with Crippen LogP contribution in [0.25, 0.3) is 0 Å². The van der Waals surface area contributed by atoms with Crippen molar-refractivity contribution in [3.8, 4) is 0 Å². The predicted molar refractivity (Wildman–Crippen MR) is 166 cm³/mol. The summed E-state index contributed by atoms with van der Waals surface area (Å²) >= 11 is 0. The molecular formula is C28H53N9O7. The average molecular weight is 628 g/mol. The highest BCUT2D eigenvalue weighted by Gasteiger charge is 2.37. The second-order valence-electron chi connectivity index (χ2n) is 11.3. The topological polar surface area (TPSA) is 286 Å². The fourth-order valence-electron chi connectivity index (χ4n) is 4.52. The summed E-state index contributed by atoms with van der Waals surface area (Å²) in [5.74, 6) is -4.91. The fourth-order valence-corrected chi connectivity index (χ4v) is 4.52. The lowest BCUT2D eigenvalue weighted by atomic mass is 9.81. The summed E-state index contributed by atoms with van der Waals surface area (Å²) in [5.41, 5.74) is 9.28. The molecule has 3 amide bonds. The number of aliphatic carboxylic acids is 2. The number of guanidine groups is 2. The lowest BCUT2D eigenvalue weighted by molar-refractivity contribution is -0.142. The van der Waals surface area contributed by atoms with Gasteiger partial charge in [0.25, 0.3) is 0 Å². The van der Waals surface area contributed by atoms with Crippen LogP contribution in [-0.2, 0) is 24.0 Å². The molecule has 0 fully saturated rings. The largest absolute Gasteiger partial charge is 0.481 e. The summed E-state index contributed by atoms with van der Waals surface area (Å²) in [6, 6.07) is -2.56. The van der Waals surface area contributed by atoms with Gasteiger partial charge in [0.1, 0.15) is 12.1 Å². The van der Waals surface area contributed by atoms with E-state index in [1.54, 1.807) is 13.8 Å². The van der Waals surface area contributed by atoms with Crippen LogP contribution in [0.4, 0.5) is 0 Å². The Morgan fingerprint density at radius 2 is 1.32 bits per heavy atom. The van der Waals surface area contributed by atoms with Gasteiger partial charge in [-0.1, -0.05) is 46.0 Å². The zero-order valence-corrected chi connectivity index (χ0v) is 26.2. The van der Waals surface area contributed by atoms with Crippen molar-refractivity contribution >= 4 is 41.6 Å². The Morgan fingerprint density at radius 3 is 1.84 bits per heavy atom. The molecular weight excluding hydrogens is 574 g/mol. The Hall–Kier alpha value is -4.11. The summed E-state index contributed by atoms with van der Waals surface area (Å²) < 4.78 is 0. The first-order chi connectivity index (χ1) is 20.6. The molecule has 16 nitrogen and oxygen atoms in total. The SMILES string of the molecule is CCC(C)[C@@](C)(CC(=O)N[C@@H](CCCNC(=N)N)C(=O)O)NC(=O)[C@H](CC(=O)O)NC(=O)CCCCCCCCNC(=N)N. The number of carbonyl (C=O) groups is 5. The molecule has 0 spiro atoms. The van der Waals surface area contributed by atoms with Crippen molar-refractivity contribution in [2.75, 3.05) is 13.1 Å². The maximum atomic E-state index is 13.3. The van der Waals surface area contributed by atoms with Gasteiger partial charge in [0.05, 0.1) is 6.42 Å². The number of carboxylic acid groups (broad SMARTS) is 2. The molecule has 44 heavy (non-hydrogen) atoms. The van der Waals surface area contributed by atoms with E-state index < -0.39 is 53.7 Å². The number of hydrogen-bond acceptors (Lipinski definition) is 7. The van der Waals surface area contributed by atoms with Gasteiger partial charge in [-0.25, -0.2) is 4.79 Å². The van der Waals surface area contributed by atoms with Crippen LogP contribution < -0.4 is 38.1 Å². The van der Waals surface area contributed by atoms with Crippen molar-refractivity contribution in [2.45, 2.75) is 115 Å². The zero-order valence-electron chi connectivity index (χ0n) is 26.2. The van der Waals surface area contributed by atoms with Crippen molar-refractivity contribution in [3.05, 3.63) is 0 Å². The molecule has 0 saturated heterocycles. The van der Waals surface area contributed by atoms with Crippen molar-refractivity contribution in [3.63, 3.8) is 0 Å². The van der Waals surface area contributed by atoms with Crippen LogP contribution >= 0.6 is 0 Å². The molecule has 0 aliphatic rings. The van der Waals surface area contributed by atoms with E-state index in [-0.39, 0.29) is 43.6 Å². The summed E-state index contributed by atoms with van der Waals surface area (Å²) in [5, 5.41) is 46.2. The molecule has 0 aliphatic carbocycles. The predicted octanol–water partition coefficient (Wildman–Crippen LogP) is 0.303. The molecule has 0 rings (SSSR count). The molecule has 1 unspecified atom stereocenters. The van der Waals surface area contributed by atoms with Gasteiger partial charge >= 0.3 is 11.9 Å². The monoisotopic (exact) mass is 627 g/mol. The second-order valence-corrected chi connectivity index (χ2v) is 11.3. The lowest BCUT2D eigenvalue weighted by Crippen LogP contribution is -2.59. The van der Waals surface area contributed by atoms with Crippen LogP contribution in [0.2, 0.25) is 0 Å². The maximum absolute atomic E-state index is 13.3. The van der Waals surface area contributed by atoms with Gasteiger partial charge in [-0.05, 0) is 38.5 Å². The standard InChI is InChI=1S/C28H53N9O7/c1-4-18(2)28(3,17-22(39)35-19(25(43)44)12-11-15-34-27(31)32)37-24(42)20(16-23(40)41)36-21(38)13-9-7-5-6-8-10-14-33-26(29)30/h18-20H,4-17H2,1-3H3,(H,35,39)(H,36,38)(H,37,42)(H,40,41)(H,43,44)(H4,29,30,33)(H4,31,32,34)/t18?,19-,20-,28+/m0/s1. The molecule has 0 heterocycles. The summed E-state index contributed by atoms with van der Waals surface area (Å²) in [7, 11) is 0. The molecule has 0 radical (unpaired) electrons. The molecule has 0 aromatic carbocycles. The van der Waals surface area contributed by atoms with Crippen molar-refractivity contribution in [1.82, 2.24) is 26.6 Å². The molecule has 16 heteroatoms. The Kier molecular flexibility index (Phi) is 19.5. The van der Waals surface area contributed by atoms with Crippen LogP contribution in [0.15, 0.2) is 0 Å². The van der Waals surface area contributed by atoms with Crippen LogP contribution in [-0.4, -0.2) is 82.5 Å². The quantitative estimate of drug-likeness (QED) is 0.0393. The van der Waals surface area contributed by atoms with Gasteiger partial charge in [0, 0.05) is 31.5 Å². The molecule has 0 aliphatic heterocycles. The highest BCUT2D eigenvalue weighted by Crippen LogP contribution is 2.25. The number of nitrogens with two attached hydrogens (primary N) is 2. The van der Waals surface area contributed by atoms with E-state index in [1.807, 2.05) is 6.92 Å². The van der Waals surface area contributed by atoms with Crippen LogP contribution in [0.5, 0.6) is 0 Å². The average Bonchev–Trinajstić information content (AvgIpc) is 2.91. The number of amides is 3. The number of carbonyl (C=O) groups excluding carboxylic acids is 3. The minimum absolute atomic E-state index is 0.0578. The van der Waals surface area contributed by atoms with Crippen LogP contribution in [0.1, 0.15) is 97.8 Å². The maximum Gasteiger partial charge on any atom is 0.326 e. The molecule has 4 atom stereocenters. The molecule has 252 valence electrons. The first-order valence-electron chi connectivity index (χ1n) is 15.1. The molecule has 0 bridgehead atoms. The zero-order chi connectivity index (χ0) is 33.7. The molecule has 0 saturated carbocycles. The fraction of sp³-hybridized carbons (Fsp3) is 0.750. The first kappa shape index (κ1) is 39.9. The van der Waals surface area contributed by atoms with E-state index in [0.29, 0.717) is 25.8 Å². The first-order valence-corrected chi connectivity index (χ1v) is 15.1. The van der Waals surface area contributed by atoms with Crippen molar-refractivity contribution < 1.29 is 34.2 Å². The van der Waals surface area contributed by atoms with Gasteiger partial charge in [-0.3, -0.25) is 30.0 Å². The normalized spacial score (nSPS) is 14.2. The van der Waals surface area contributed by atoms with E-state index in [1.165, 1.54) is 0 Å². The van der Waals surface area contributed by atoms with Crippen LogP contribution in [0.3, 0.4) is 0 Å². The summed E-state index contributed by atoms with van der Waals surface area (Å²) in [6.45, 7) is 6.18. The Balaban J connectivity index is 5.14. The van der Waals surface area contributed by atoms with E-state index in [4.69, 9.17) is 22.3 Å². The Labute approximate surface area is 259 Å². The number of carboxylic acids is 2. The summed E-state index contributed by atoms with van der Waals surface area (Å²) in [6.07, 6.45) is 5.20. The third kappa shape index (κ3) is 18.4. The van der Waals surface area contributed by atoms with E-state index in [2.05, 4.69) is 26.6 Å². The molecule has 0 aromatic heterocycles. The van der Waals surface area contributed by atoms with E-state index in [0.717, 1.165) is 32.1 Å². The van der Waals surface area contributed by atoms with Crippen LogP contribution in [0, 0.1) is 16.7 Å². The molecule has 13 N–H and O–H groups in total. The second kappa shape index (κ2) is 21.6. The van der Waals surface area contributed by atoms with Gasteiger partial charge in [0.2, 0.25) is 17.7 Å². The smallest absolute Gasteiger partial charge is 0.326 e. The highest BCUT2D eigenvalue weighted by molar-refractivity contribution is 5.91. The van der Waals surface area contributed by atoms with E-state index >= 15 is 0 Å². The highest BCUT2D eigenvalue weighted by atomic mass is 16.4. The number of rotatable bonds is 24. The van der Waals surface area contributed by atoms with Gasteiger partial charge in [0.15, 0.2) is 11.9 Å². The number of unbranched alkanes of at least 4 members (excludes halogenated alkanes) is 5. The van der Waals surface area contributed by atoms with Gasteiger partial charge in [-0.2, -0.15) is 0 Å². The number of hydrogen-bond donors (Lipinski definition) is 11.